The maximum Gasteiger partial charge on any atom is 0.254 e. The highest BCUT2D eigenvalue weighted by molar-refractivity contribution is 5.96. The fraction of sp³-hybridized carbons (Fsp3) is 0.194. The van der Waals surface area contributed by atoms with E-state index in [0.717, 1.165) is 47.7 Å². The molecule has 0 radical (unpaired) electrons. The minimum absolute atomic E-state index is 0.00477. The third-order valence-electron chi connectivity index (χ3n) is 7.39. The van der Waals surface area contributed by atoms with Gasteiger partial charge in [-0.15, -0.1) is 0 Å². The minimum atomic E-state index is -0.156. The number of aryl methyl sites for hydroxylation is 1. The molecule has 0 saturated heterocycles. The largest absolute Gasteiger partial charge is 0.457 e. The number of aromatic nitrogens is 2. The van der Waals surface area contributed by atoms with Crippen LogP contribution in [0.3, 0.4) is 0 Å². The van der Waals surface area contributed by atoms with Crippen LogP contribution >= 0.6 is 0 Å². The Kier molecular flexibility index (Phi) is 10.0. The maximum atomic E-state index is 13.0. The van der Waals surface area contributed by atoms with E-state index in [1.54, 1.807) is 30.4 Å². The molecule has 0 saturated carbocycles. The number of aromatic amines is 1. The molecule has 44 heavy (non-hydrogen) atoms. The summed E-state index contributed by atoms with van der Waals surface area (Å²) in [5, 5.41) is 2.59. The lowest BCUT2D eigenvalue weighted by molar-refractivity contribution is -0.135. The highest BCUT2D eigenvalue weighted by Crippen LogP contribution is 2.28. The zero-order valence-corrected chi connectivity index (χ0v) is 24.9. The summed E-state index contributed by atoms with van der Waals surface area (Å²) < 4.78 is 11.7. The molecule has 2 amide bonds. The molecule has 4 aromatic carbocycles. The van der Waals surface area contributed by atoms with Crippen LogP contribution in [0.25, 0.3) is 0 Å². The van der Waals surface area contributed by atoms with Crippen molar-refractivity contribution in [2.45, 2.75) is 25.8 Å². The highest BCUT2D eigenvalue weighted by Gasteiger charge is 2.28. The Morgan fingerprint density at radius 1 is 0.841 bits per heavy atom. The lowest BCUT2D eigenvalue weighted by atomic mass is 9.88. The molecule has 224 valence electrons. The molecular formula is C36H36N4O4. The number of hydrogen-bond donors (Lipinski definition) is 2. The van der Waals surface area contributed by atoms with Gasteiger partial charge >= 0.3 is 0 Å². The van der Waals surface area contributed by atoms with Gasteiger partial charge in [0.05, 0.1) is 17.6 Å². The number of carbonyl (C=O) groups excluding carboxylic acids is 2. The van der Waals surface area contributed by atoms with Crippen molar-refractivity contribution in [2.24, 2.45) is 5.92 Å². The van der Waals surface area contributed by atoms with Crippen molar-refractivity contribution < 1.29 is 19.1 Å². The van der Waals surface area contributed by atoms with Gasteiger partial charge in [0.2, 0.25) is 5.91 Å². The summed E-state index contributed by atoms with van der Waals surface area (Å²) >= 11 is 0. The molecule has 1 aliphatic rings. The minimum Gasteiger partial charge on any atom is -0.457 e. The Hall–Kier alpha value is -5.37. The normalized spacial score (nSPS) is 13.5. The van der Waals surface area contributed by atoms with Gasteiger partial charge in [0.25, 0.3) is 5.91 Å². The smallest absolute Gasteiger partial charge is 0.254 e. The third kappa shape index (κ3) is 7.72. The number of benzene rings is 4. The van der Waals surface area contributed by atoms with Gasteiger partial charge < -0.3 is 24.7 Å². The fourth-order valence-corrected chi connectivity index (χ4v) is 5.10. The fourth-order valence-electron chi connectivity index (χ4n) is 5.10. The van der Waals surface area contributed by atoms with Crippen LogP contribution in [0.15, 0.2) is 116 Å². The van der Waals surface area contributed by atoms with Crippen molar-refractivity contribution in [1.29, 1.82) is 0 Å². The van der Waals surface area contributed by atoms with Crippen LogP contribution in [0.5, 0.6) is 23.0 Å². The first kappa shape index (κ1) is 30.1. The molecule has 1 aromatic heterocycles. The lowest BCUT2D eigenvalue weighted by Crippen LogP contribution is -2.35. The van der Waals surface area contributed by atoms with E-state index in [2.05, 4.69) is 15.3 Å². The number of para-hydroxylation sites is 4. The third-order valence-corrected chi connectivity index (χ3v) is 7.39. The number of nitrogens with one attached hydrogen (secondary N) is 2. The van der Waals surface area contributed by atoms with E-state index in [-0.39, 0.29) is 17.7 Å². The Balaban J connectivity index is 0.000000195. The Labute approximate surface area is 257 Å². The van der Waals surface area contributed by atoms with E-state index in [4.69, 9.17) is 9.47 Å². The number of nitrogens with zero attached hydrogens (tertiary/aromatic N) is 2. The van der Waals surface area contributed by atoms with Gasteiger partial charge in [-0.05, 0) is 55.3 Å². The van der Waals surface area contributed by atoms with Crippen molar-refractivity contribution >= 4 is 11.8 Å². The quantitative estimate of drug-likeness (QED) is 0.208. The molecule has 0 bridgehead atoms. The summed E-state index contributed by atoms with van der Waals surface area (Å²) in [6.07, 6.45) is 4.17. The molecule has 1 atom stereocenters. The zero-order chi connectivity index (χ0) is 30.7. The van der Waals surface area contributed by atoms with E-state index >= 15 is 0 Å². The number of carbonyl (C=O) groups is 2. The second kappa shape index (κ2) is 14.7. The summed E-state index contributed by atoms with van der Waals surface area (Å²) in [5.41, 5.74) is 3.72. The van der Waals surface area contributed by atoms with E-state index < -0.39 is 0 Å². The molecule has 1 aliphatic carbocycles. The molecule has 2 N–H and O–H groups in total. The number of rotatable bonds is 8. The van der Waals surface area contributed by atoms with Crippen LogP contribution in [-0.2, 0) is 24.2 Å². The molecule has 0 fully saturated rings. The summed E-state index contributed by atoms with van der Waals surface area (Å²) in [6, 6.07) is 34.1. The summed E-state index contributed by atoms with van der Waals surface area (Å²) in [4.78, 5) is 33.9. The first-order valence-electron chi connectivity index (χ1n) is 14.6. The Morgan fingerprint density at radius 2 is 1.43 bits per heavy atom. The second-order valence-corrected chi connectivity index (χ2v) is 10.5. The second-order valence-electron chi connectivity index (χ2n) is 10.5. The van der Waals surface area contributed by atoms with Gasteiger partial charge in [0.15, 0.2) is 0 Å². The average molecular weight is 589 g/mol. The predicted molar refractivity (Wildman–Crippen MR) is 170 cm³/mol. The van der Waals surface area contributed by atoms with Crippen LogP contribution in [-0.4, -0.2) is 40.8 Å². The molecule has 6 rings (SSSR count). The standard InChI is InChI=1S/C22H23N3O2.C14H13NO2/c1-25(22(26)16-11-12-19-20(13-16)24-15-23-19)14-17-7-5-6-10-21(17)27-18-8-3-2-4-9-18;1-15-14(16)12-9-5-6-10-13(12)17-11-7-3-2-4-8-11/h2-10,15-16H,11-14H2,1H3,(H,23,24);2-10H,1H3,(H,15,16). The van der Waals surface area contributed by atoms with E-state index in [9.17, 15) is 9.59 Å². The molecule has 1 heterocycles. The van der Waals surface area contributed by atoms with Crippen molar-refractivity contribution in [2.75, 3.05) is 14.1 Å². The topological polar surface area (TPSA) is 96.5 Å². The van der Waals surface area contributed by atoms with Crippen LogP contribution in [0.1, 0.15) is 33.7 Å². The van der Waals surface area contributed by atoms with Gasteiger partial charge in [-0.3, -0.25) is 9.59 Å². The van der Waals surface area contributed by atoms with E-state index in [1.807, 2.05) is 104 Å². The molecule has 8 heteroatoms. The predicted octanol–water partition coefficient (Wildman–Crippen LogP) is 6.80. The highest BCUT2D eigenvalue weighted by atomic mass is 16.5. The van der Waals surface area contributed by atoms with Crippen molar-refractivity contribution in [1.82, 2.24) is 20.2 Å². The van der Waals surface area contributed by atoms with E-state index in [0.29, 0.717) is 23.6 Å². The van der Waals surface area contributed by atoms with Gasteiger partial charge in [-0.1, -0.05) is 66.7 Å². The van der Waals surface area contributed by atoms with Crippen molar-refractivity contribution in [3.8, 4) is 23.0 Å². The monoisotopic (exact) mass is 588 g/mol. The van der Waals surface area contributed by atoms with Gasteiger partial charge in [-0.25, -0.2) is 4.98 Å². The lowest BCUT2D eigenvalue weighted by Gasteiger charge is -2.26. The Morgan fingerprint density at radius 3 is 2.11 bits per heavy atom. The van der Waals surface area contributed by atoms with Crippen LogP contribution in [0, 0.1) is 5.92 Å². The molecule has 0 spiro atoms. The number of hydrogen-bond acceptors (Lipinski definition) is 5. The first-order valence-corrected chi connectivity index (χ1v) is 14.6. The van der Waals surface area contributed by atoms with Gasteiger partial charge in [-0.2, -0.15) is 0 Å². The van der Waals surface area contributed by atoms with Crippen LogP contribution < -0.4 is 14.8 Å². The SMILES string of the molecule is CN(Cc1ccccc1Oc1ccccc1)C(=O)C1CCc2nc[nH]c2C1.CNC(=O)c1ccccc1Oc1ccccc1. The first-order chi connectivity index (χ1) is 21.5. The Bertz CT molecular complexity index is 1670. The summed E-state index contributed by atoms with van der Waals surface area (Å²) in [5.74, 6) is 2.86. The molecule has 1 unspecified atom stereocenters. The average Bonchev–Trinajstić information content (AvgIpc) is 3.55. The van der Waals surface area contributed by atoms with Gasteiger partial charge in [0, 0.05) is 44.2 Å². The molecular weight excluding hydrogens is 552 g/mol. The van der Waals surface area contributed by atoms with Crippen LogP contribution in [0.4, 0.5) is 0 Å². The zero-order valence-electron chi connectivity index (χ0n) is 24.9. The van der Waals surface area contributed by atoms with Crippen LogP contribution in [0.2, 0.25) is 0 Å². The molecule has 5 aromatic rings. The van der Waals surface area contributed by atoms with Crippen molar-refractivity contribution in [3.63, 3.8) is 0 Å². The summed E-state index contributed by atoms with van der Waals surface area (Å²) in [6.45, 7) is 0.522. The summed E-state index contributed by atoms with van der Waals surface area (Å²) in [7, 11) is 3.46. The van der Waals surface area contributed by atoms with Gasteiger partial charge in [0.1, 0.15) is 23.0 Å². The number of amides is 2. The van der Waals surface area contributed by atoms with Crippen molar-refractivity contribution in [3.05, 3.63) is 138 Å². The molecule has 0 aliphatic heterocycles. The number of H-pyrrole nitrogens is 1. The van der Waals surface area contributed by atoms with E-state index in [1.165, 1.54) is 0 Å². The number of imidazole rings is 1. The molecule has 8 nitrogen and oxygen atoms in total. The number of fused-ring (bicyclic) bond motifs is 1. The maximum absolute atomic E-state index is 13.0. The number of ether oxygens (including phenoxy) is 2.